The van der Waals surface area contributed by atoms with Gasteiger partial charge < -0.3 is 23.6 Å². The largest absolute Gasteiger partial charge is 0.444 e. The van der Waals surface area contributed by atoms with Crippen molar-refractivity contribution in [1.82, 2.24) is 30.1 Å². The van der Waals surface area contributed by atoms with Crippen molar-refractivity contribution in [3.63, 3.8) is 0 Å². The zero-order valence-corrected chi connectivity index (χ0v) is 34.4. The van der Waals surface area contributed by atoms with Gasteiger partial charge in [0.05, 0.1) is 0 Å². The first-order chi connectivity index (χ1) is 29.1. The molecule has 0 radical (unpaired) electrons. The van der Waals surface area contributed by atoms with Crippen LogP contribution in [0.25, 0.3) is 10.8 Å². The molecule has 60 heavy (non-hydrogen) atoms. The molecule has 13 nitrogen and oxygen atoms in total. The number of hydrogen-bond acceptors (Lipinski definition) is 10. The number of nitrogens with one attached hydrogen (secondary N) is 1. The molecule has 0 saturated carbocycles. The molecule has 2 aliphatic rings. The van der Waals surface area contributed by atoms with E-state index in [-0.39, 0.29) is 23.9 Å². The molecule has 2 atom stereocenters. The van der Waals surface area contributed by atoms with Crippen molar-refractivity contribution < 1.29 is 28.2 Å². The highest BCUT2D eigenvalue weighted by atomic mass is 16.6. The van der Waals surface area contributed by atoms with E-state index in [1.54, 1.807) is 0 Å². The third-order valence-corrected chi connectivity index (χ3v) is 11.1. The van der Waals surface area contributed by atoms with Gasteiger partial charge in [-0.3, -0.25) is 14.9 Å². The van der Waals surface area contributed by atoms with E-state index in [4.69, 9.17) is 18.8 Å². The zero-order valence-electron chi connectivity index (χ0n) is 34.4. The fourth-order valence-corrected chi connectivity index (χ4v) is 8.11. The maximum Gasteiger partial charge on any atom is 0.412 e. The van der Waals surface area contributed by atoms with Crippen LogP contribution < -0.4 is 5.32 Å². The third kappa shape index (κ3) is 9.73. The molecule has 4 aromatic carbocycles. The molecule has 2 fully saturated rings. The Kier molecular flexibility index (Phi) is 12.0. The van der Waals surface area contributed by atoms with Crippen molar-refractivity contribution in [1.29, 1.82) is 0 Å². The van der Waals surface area contributed by atoms with Gasteiger partial charge in [-0.1, -0.05) is 64.9 Å². The molecule has 0 unspecified atom stereocenters. The minimum absolute atomic E-state index is 0.0782. The Morgan fingerprint density at radius 1 is 0.667 bits per heavy atom. The molecule has 0 spiro atoms. The molecule has 2 aliphatic heterocycles. The summed E-state index contributed by atoms with van der Waals surface area (Å²) in [6, 6.07) is 28.7. The minimum atomic E-state index is -0.564. The molecule has 1 N–H and O–H groups in total. The molecule has 3 amide bonds. The Labute approximate surface area is 349 Å². The molecule has 2 saturated heterocycles. The predicted octanol–water partition coefficient (Wildman–Crippen LogP) is 9.26. The van der Waals surface area contributed by atoms with Crippen molar-refractivity contribution >= 4 is 34.4 Å². The van der Waals surface area contributed by atoms with Crippen LogP contribution in [0.2, 0.25) is 0 Å². The van der Waals surface area contributed by atoms with Gasteiger partial charge in [0.25, 0.3) is 11.8 Å². The van der Waals surface area contributed by atoms with Crippen molar-refractivity contribution in [3.8, 4) is 0 Å². The summed E-state index contributed by atoms with van der Waals surface area (Å²) < 4.78 is 16.7. The fourth-order valence-electron chi connectivity index (χ4n) is 8.11. The second-order valence-electron chi connectivity index (χ2n) is 16.7. The molecule has 310 valence electrons. The Balaban J connectivity index is 0.848. The van der Waals surface area contributed by atoms with Gasteiger partial charge >= 0.3 is 6.09 Å². The Morgan fingerprint density at radius 3 is 1.67 bits per heavy atom. The summed E-state index contributed by atoms with van der Waals surface area (Å²) in [4.78, 5) is 52.9. The highest BCUT2D eigenvalue weighted by Gasteiger charge is 2.36. The monoisotopic (exact) mass is 809 g/mol. The van der Waals surface area contributed by atoms with Gasteiger partial charge in [0.15, 0.2) is 11.6 Å². The van der Waals surface area contributed by atoms with Gasteiger partial charge in [-0.2, -0.15) is 9.97 Å². The van der Waals surface area contributed by atoms with E-state index in [1.165, 1.54) is 5.56 Å². The average molecular weight is 810 g/mol. The maximum absolute atomic E-state index is 13.9. The minimum Gasteiger partial charge on any atom is -0.444 e. The number of likely N-dealkylation sites (tertiary alicyclic amines) is 2. The van der Waals surface area contributed by atoms with Crippen LogP contribution in [-0.2, 0) is 30.4 Å². The fraction of sp³-hybridized carbons (Fsp3) is 0.383. The number of fused-ring (bicyclic) bond motifs is 1. The second kappa shape index (κ2) is 17.9. The number of amides is 3. The summed E-state index contributed by atoms with van der Waals surface area (Å²) in [5.74, 6) is 2.05. The van der Waals surface area contributed by atoms with Gasteiger partial charge in [-0.15, -0.1) is 0 Å². The van der Waals surface area contributed by atoms with Gasteiger partial charge in [0.1, 0.15) is 17.7 Å². The molecular formula is C47H51N7O6. The number of aryl methyl sites for hydroxylation is 4. The number of rotatable bonds is 13. The highest BCUT2D eigenvalue weighted by Crippen LogP contribution is 2.35. The van der Waals surface area contributed by atoms with Gasteiger partial charge in [-0.05, 0) is 130 Å². The van der Waals surface area contributed by atoms with Crippen LogP contribution in [-0.4, -0.2) is 66.7 Å². The van der Waals surface area contributed by atoms with Crippen molar-refractivity contribution in [2.45, 2.75) is 103 Å². The quantitative estimate of drug-likeness (QED) is 0.119. The number of carbonyl (C=O) groups is 3. The van der Waals surface area contributed by atoms with Crippen LogP contribution in [0.5, 0.6) is 0 Å². The first-order valence-electron chi connectivity index (χ1n) is 21.0. The summed E-state index contributed by atoms with van der Waals surface area (Å²) in [6.07, 6.45) is 7.53. The lowest BCUT2D eigenvalue weighted by Gasteiger charge is -2.23. The predicted molar refractivity (Wildman–Crippen MR) is 225 cm³/mol. The Bertz CT molecular complexity index is 2440. The number of benzene rings is 4. The van der Waals surface area contributed by atoms with Crippen LogP contribution in [0, 0.1) is 0 Å². The van der Waals surface area contributed by atoms with E-state index < -0.39 is 11.7 Å². The Hall–Kier alpha value is -6.37. The molecule has 2 aromatic heterocycles. The number of ether oxygens (including phenoxy) is 1. The summed E-state index contributed by atoms with van der Waals surface area (Å²) in [7, 11) is 0. The van der Waals surface area contributed by atoms with Crippen LogP contribution in [0.4, 0.5) is 10.5 Å². The Morgan fingerprint density at radius 2 is 1.17 bits per heavy atom. The standard InChI is InChI=1S/C47H51N7O6/c1-47(2,3)58-46(57)48-37-25-19-32(20-26-37)14-8-18-41-50-43(60-52-41)39-16-10-28-54(39)45(56)36-24-22-33-29-35(23-21-34(33)30-36)44(55)53-27-9-15-38(53)42-49-40(51-59-42)17-7-13-31-11-5-4-6-12-31/h4-6,11-12,19-26,29-30,38-39H,7-10,13-18,27-28H2,1-3H3,(H,48,57)/t38-,39-/m0/s1. The summed E-state index contributed by atoms with van der Waals surface area (Å²) in [5.41, 5.74) is 3.66. The van der Waals surface area contributed by atoms with Crippen LogP contribution in [0.3, 0.4) is 0 Å². The summed E-state index contributed by atoms with van der Waals surface area (Å²) in [6.45, 7) is 6.69. The average Bonchev–Trinajstić information content (AvgIpc) is 4.08. The number of carbonyl (C=O) groups excluding carboxylic acids is 3. The molecular weight excluding hydrogens is 759 g/mol. The normalized spacial score (nSPS) is 16.7. The summed E-state index contributed by atoms with van der Waals surface area (Å²) in [5, 5.41) is 13.0. The molecule has 4 heterocycles. The lowest BCUT2D eigenvalue weighted by Crippen LogP contribution is -2.31. The number of hydrogen-bond donors (Lipinski definition) is 1. The van der Waals surface area contributed by atoms with E-state index >= 15 is 0 Å². The van der Waals surface area contributed by atoms with Crippen molar-refractivity contribution in [2.75, 3.05) is 18.4 Å². The van der Waals surface area contributed by atoms with Crippen LogP contribution in [0.1, 0.15) is 127 Å². The number of nitrogens with zero attached hydrogens (tertiary/aromatic N) is 6. The smallest absolute Gasteiger partial charge is 0.412 e. The van der Waals surface area contributed by atoms with E-state index in [9.17, 15) is 14.4 Å². The van der Waals surface area contributed by atoms with Gasteiger partial charge in [0, 0.05) is 42.7 Å². The van der Waals surface area contributed by atoms with Crippen molar-refractivity contribution in [2.24, 2.45) is 0 Å². The van der Waals surface area contributed by atoms with Crippen LogP contribution in [0.15, 0.2) is 100 Å². The zero-order chi connectivity index (χ0) is 41.6. The molecule has 6 aromatic rings. The second-order valence-corrected chi connectivity index (χ2v) is 16.7. The lowest BCUT2D eigenvalue weighted by molar-refractivity contribution is 0.0634. The topological polar surface area (TPSA) is 157 Å². The van der Waals surface area contributed by atoms with E-state index in [0.717, 1.165) is 67.7 Å². The van der Waals surface area contributed by atoms with Gasteiger partial charge in [-0.25, -0.2) is 4.79 Å². The SMILES string of the molecule is CC(C)(C)OC(=O)Nc1ccc(CCCc2noc([C@@H]3CCCN3C(=O)c3ccc4cc(C(=O)N5CCC[C@H]5c5nc(CCCc6ccccc6)no5)ccc4c3)n2)cc1. The number of aromatic nitrogens is 4. The van der Waals surface area contributed by atoms with Crippen LogP contribution >= 0.6 is 0 Å². The van der Waals surface area contributed by atoms with Gasteiger partial charge in [0.2, 0.25) is 11.8 Å². The van der Waals surface area contributed by atoms with E-state index in [0.29, 0.717) is 66.2 Å². The third-order valence-electron chi connectivity index (χ3n) is 11.1. The maximum atomic E-state index is 13.9. The molecule has 0 bridgehead atoms. The first kappa shape index (κ1) is 40.4. The molecule has 13 heteroatoms. The molecule has 0 aliphatic carbocycles. The van der Waals surface area contributed by atoms with E-state index in [1.807, 2.05) is 109 Å². The lowest BCUT2D eigenvalue weighted by atomic mass is 10.0. The first-order valence-corrected chi connectivity index (χ1v) is 21.0. The number of anilines is 1. The van der Waals surface area contributed by atoms with E-state index in [2.05, 4.69) is 32.7 Å². The van der Waals surface area contributed by atoms with Crippen molar-refractivity contribution in [3.05, 3.63) is 137 Å². The summed E-state index contributed by atoms with van der Waals surface area (Å²) >= 11 is 0. The highest BCUT2D eigenvalue weighted by molar-refractivity contribution is 6.02. The molecule has 8 rings (SSSR count).